The Morgan fingerprint density at radius 3 is 2.00 bits per heavy atom. The summed E-state index contributed by atoms with van der Waals surface area (Å²) in [7, 11) is 0. The standard InChI is InChI=1S/C24H32N2O4/c1-4-28-21-16-20(17-22(29-5-2)23(21)30-6-3)24(27)26-14-12-25(13-15-26)18-19-10-8-7-9-11-19/h7-11,16-17H,4-6,12-15,18H2,1-3H3/p+1. The number of rotatable bonds is 9. The Hall–Kier alpha value is -2.73. The lowest BCUT2D eigenvalue weighted by Gasteiger charge is -2.32. The number of nitrogens with zero attached hydrogens (tertiary/aromatic N) is 1. The molecule has 30 heavy (non-hydrogen) atoms. The number of carbonyl (C=O) groups excluding carboxylic acids is 1. The van der Waals surface area contributed by atoms with E-state index in [1.807, 2.05) is 31.7 Å². The summed E-state index contributed by atoms with van der Waals surface area (Å²) in [4.78, 5) is 16.6. The molecule has 0 bridgehead atoms. The van der Waals surface area contributed by atoms with Crippen molar-refractivity contribution in [1.82, 2.24) is 4.90 Å². The summed E-state index contributed by atoms with van der Waals surface area (Å²) in [6, 6.07) is 14.1. The summed E-state index contributed by atoms with van der Waals surface area (Å²) >= 11 is 0. The number of carbonyl (C=O) groups is 1. The lowest BCUT2D eigenvalue weighted by atomic mass is 10.1. The predicted octanol–water partition coefficient (Wildman–Crippen LogP) is 2.42. The van der Waals surface area contributed by atoms with Gasteiger partial charge in [-0.1, -0.05) is 30.3 Å². The first-order chi connectivity index (χ1) is 14.7. The Morgan fingerprint density at radius 1 is 0.900 bits per heavy atom. The van der Waals surface area contributed by atoms with E-state index in [0.717, 1.165) is 32.7 Å². The van der Waals surface area contributed by atoms with E-state index in [9.17, 15) is 4.79 Å². The van der Waals surface area contributed by atoms with E-state index >= 15 is 0 Å². The molecule has 1 fully saturated rings. The Labute approximate surface area is 179 Å². The van der Waals surface area contributed by atoms with E-state index in [1.54, 1.807) is 12.1 Å². The molecule has 1 aliphatic heterocycles. The highest BCUT2D eigenvalue weighted by Gasteiger charge is 2.26. The second-order valence-electron chi connectivity index (χ2n) is 7.31. The monoisotopic (exact) mass is 413 g/mol. The molecular weight excluding hydrogens is 380 g/mol. The minimum Gasteiger partial charge on any atom is -0.490 e. The van der Waals surface area contributed by atoms with Gasteiger partial charge in [0, 0.05) is 11.1 Å². The van der Waals surface area contributed by atoms with Gasteiger partial charge in [-0.3, -0.25) is 4.79 Å². The second-order valence-corrected chi connectivity index (χ2v) is 7.31. The summed E-state index contributed by atoms with van der Waals surface area (Å²) in [5, 5.41) is 0. The van der Waals surface area contributed by atoms with Crippen molar-refractivity contribution in [2.24, 2.45) is 0 Å². The molecule has 1 amide bonds. The fourth-order valence-corrected chi connectivity index (χ4v) is 3.78. The Morgan fingerprint density at radius 2 is 1.47 bits per heavy atom. The number of hydrogen-bond donors (Lipinski definition) is 1. The van der Waals surface area contributed by atoms with E-state index in [0.29, 0.717) is 42.6 Å². The van der Waals surface area contributed by atoms with Gasteiger partial charge in [0.05, 0.1) is 46.0 Å². The van der Waals surface area contributed by atoms with Crippen molar-refractivity contribution in [2.75, 3.05) is 46.0 Å². The average molecular weight is 414 g/mol. The maximum absolute atomic E-state index is 13.2. The van der Waals surface area contributed by atoms with Crippen LogP contribution in [0.3, 0.4) is 0 Å². The summed E-state index contributed by atoms with van der Waals surface area (Å²) < 4.78 is 17.3. The SMILES string of the molecule is CCOc1cc(C(=O)N2CC[NH+](Cc3ccccc3)CC2)cc(OCC)c1OCC. The fourth-order valence-electron chi connectivity index (χ4n) is 3.78. The van der Waals surface area contributed by atoms with Crippen molar-refractivity contribution in [3.05, 3.63) is 53.6 Å². The first-order valence-electron chi connectivity index (χ1n) is 10.9. The maximum atomic E-state index is 13.2. The van der Waals surface area contributed by atoms with Gasteiger partial charge in [0.2, 0.25) is 5.75 Å². The van der Waals surface area contributed by atoms with Crippen LogP contribution >= 0.6 is 0 Å². The van der Waals surface area contributed by atoms with Crippen LogP contribution in [0.15, 0.2) is 42.5 Å². The molecule has 3 rings (SSSR count). The molecule has 0 aromatic heterocycles. The molecule has 2 aromatic carbocycles. The highest BCUT2D eigenvalue weighted by molar-refractivity contribution is 5.95. The minimum absolute atomic E-state index is 0.0127. The van der Waals surface area contributed by atoms with E-state index in [2.05, 4.69) is 24.3 Å². The van der Waals surface area contributed by atoms with E-state index < -0.39 is 0 Å². The molecule has 0 aliphatic carbocycles. The fraction of sp³-hybridized carbons (Fsp3) is 0.458. The number of amides is 1. The van der Waals surface area contributed by atoms with E-state index in [1.165, 1.54) is 10.5 Å². The van der Waals surface area contributed by atoms with Crippen LogP contribution in [0, 0.1) is 0 Å². The lowest BCUT2D eigenvalue weighted by molar-refractivity contribution is -0.917. The van der Waals surface area contributed by atoms with Gasteiger partial charge >= 0.3 is 0 Å². The van der Waals surface area contributed by atoms with Gasteiger partial charge in [-0.25, -0.2) is 0 Å². The number of benzene rings is 2. The van der Waals surface area contributed by atoms with E-state index in [4.69, 9.17) is 14.2 Å². The molecule has 0 atom stereocenters. The third-order valence-electron chi connectivity index (χ3n) is 5.21. The normalized spacial score (nSPS) is 14.4. The highest BCUT2D eigenvalue weighted by Crippen LogP contribution is 2.39. The first kappa shape index (κ1) is 22.0. The zero-order valence-corrected chi connectivity index (χ0v) is 18.3. The van der Waals surface area contributed by atoms with Crippen LogP contribution in [-0.2, 0) is 6.54 Å². The summed E-state index contributed by atoms with van der Waals surface area (Å²) in [6.07, 6.45) is 0. The van der Waals surface area contributed by atoms with Crippen molar-refractivity contribution < 1.29 is 23.9 Å². The van der Waals surface area contributed by atoms with Crippen LogP contribution in [0.25, 0.3) is 0 Å². The molecule has 1 heterocycles. The van der Waals surface area contributed by atoms with Gasteiger partial charge in [-0.15, -0.1) is 0 Å². The third kappa shape index (κ3) is 5.45. The number of piperazine rings is 1. The molecule has 1 saturated heterocycles. The predicted molar refractivity (Wildman–Crippen MR) is 117 cm³/mol. The van der Waals surface area contributed by atoms with Crippen molar-refractivity contribution in [3.63, 3.8) is 0 Å². The topological polar surface area (TPSA) is 52.4 Å². The Kier molecular flexibility index (Phi) is 7.97. The van der Waals surface area contributed by atoms with Crippen molar-refractivity contribution in [2.45, 2.75) is 27.3 Å². The minimum atomic E-state index is 0.0127. The molecule has 6 heteroatoms. The zero-order valence-electron chi connectivity index (χ0n) is 18.3. The molecule has 0 saturated carbocycles. The molecule has 162 valence electrons. The van der Waals surface area contributed by atoms with E-state index in [-0.39, 0.29) is 5.91 Å². The molecule has 1 N–H and O–H groups in total. The third-order valence-corrected chi connectivity index (χ3v) is 5.21. The Bertz CT molecular complexity index is 790. The van der Waals surface area contributed by atoms with Gasteiger partial charge in [0.15, 0.2) is 11.5 Å². The Balaban J connectivity index is 1.71. The molecule has 6 nitrogen and oxygen atoms in total. The first-order valence-corrected chi connectivity index (χ1v) is 10.9. The van der Waals surface area contributed by atoms with Crippen molar-refractivity contribution >= 4 is 5.91 Å². The van der Waals surface area contributed by atoms with Crippen molar-refractivity contribution in [3.8, 4) is 17.2 Å². The molecular formula is C24H33N2O4+. The number of quaternary nitrogens is 1. The molecule has 2 aromatic rings. The largest absolute Gasteiger partial charge is 0.490 e. The quantitative estimate of drug-likeness (QED) is 0.686. The van der Waals surface area contributed by atoms with Crippen LogP contribution in [0.1, 0.15) is 36.7 Å². The van der Waals surface area contributed by atoms with Gasteiger partial charge in [-0.2, -0.15) is 0 Å². The maximum Gasteiger partial charge on any atom is 0.254 e. The van der Waals surface area contributed by atoms with Crippen LogP contribution in [0.5, 0.6) is 17.2 Å². The van der Waals surface area contributed by atoms with Crippen LogP contribution < -0.4 is 19.1 Å². The highest BCUT2D eigenvalue weighted by atomic mass is 16.5. The van der Waals surface area contributed by atoms with Gasteiger partial charge in [-0.05, 0) is 32.9 Å². The number of nitrogens with one attached hydrogen (secondary N) is 1. The lowest BCUT2D eigenvalue weighted by Crippen LogP contribution is -3.13. The van der Waals surface area contributed by atoms with Gasteiger partial charge in [0.25, 0.3) is 5.91 Å². The van der Waals surface area contributed by atoms with Gasteiger partial charge in [0.1, 0.15) is 6.54 Å². The zero-order chi connectivity index (χ0) is 21.3. The van der Waals surface area contributed by atoms with Crippen LogP contribution in [-0.4, -0.2) is 56.8 Å². The van der Waals surface area contributed by atoms with Crippen LogP contribution in [0.4, 0.5) is 0 Å². The second kappa shape index (κ2) is 10.9. The van der Waals surface area contributed by atoms with Gasteiger partial charge < -0.3 is 24.0 Å². The molecule has 0 spiro atoms. The molecule has 0 unspecified atom stereocenters. The smallest absolute Gasteiger partial charge is 0.254 e. The summed E-state index contributed by atoms with van der Waals surface area (Å²) in [6.45, 7) is 11.6. The van der Waals surface area contributed by atoms with Crippen molar-refractivity contribution in [1.29, 1.82) is 0 Å². The van der Waals surface area contributed by atoms with Crippen LogP contribution in [0.2, 0.25) is 0 Å². The molecule has 1 aliphatic rings. The summed E-state index contributed by atoms with van der Waals surface area (Å²) in [5.41, 5.74) is 1.92. The number of hydrogen-bond acceptors (Lipinski definition) is 4. The number of ether oxygens (including phenoxy) is 3. The summed E-state index contributed by atoms with van der Waals surface area (Å²) in [5.74, 6) is 1.69. The average Bonchev–Trinajstić information content (AvgIpc) is 2.77. The molecule has 0 radical (unpaired) electrons.